The van der Waals surface area contributed by atoms with Crippen LogP contribution in [-0.4, -0.2) is 26.2 Å². The predicted molar refractivity (Wildman–Crippen MR) is 76.7 cm³/mol. The van der Waals surface area contributed by atoms with E-state index in [9.17, 15) is 8.78 Å². The van der Waals surface area contributed by atoms with E-state index in [0.717, 1.165) is 11.6 Å². The van der Waals surface area contributed by atoms with Gasteiger partial charge in [0.15, 0.2) is 5.16 Å². The van der Waals surface area contributed by atoms with Crippen molar-refractivity contribution in [2.45, 2.75) is 5.16 Å². The van der Waals surface area contributed by atoms with Gasteiger partial charge in [-0.1, -0.05) is 11.8 Å². The molecule has 2 heterocycles. The van der Waals surface area contributed by atoms with Crippen molar-refractivity contribution in [3.63, 3.8) is 0 Å². The maximum absolute atomic E-state index is 13.2. The van der Waals surface area contributed by atoms with Gasteiger partial charge in [0.1, 0.15) is 17.5 Å². The lowest BCUT2D eigenvalue weighted by Crippen LogP contribution is -1.88. The molecule has 0 aliphatic carbocycles. The number of benzene rings is 1. The van der Waals surface area contributed by atoms with Gasteiger partial charge >= 0.3 is 0 Å². The molecular formula is C14H10F2N4S. The molecule has 1 aromatic carbocycles. The third kappa shape index (κ3) is 2.92. The third-order valence-electron chi connectivity index (χ3n) is 2.83. The highest BCUT2D eigenvalue weighted by molar-refractivity contribution is 7.98. The number of imidazole rings is 1. The monoisotopic (exact) mass is 304 g/mol. The molecule has 0 saturated carbocycles. The lowest BCUT2D eigenvalue weighted by Gasteiger charge is -1.99. The van der Waals surface area contributed by atoms with Crippen LogP contribution in [0.4, 0.5) is 8.78 Å². The molecule has 2 aromatic heterocycles. The molecule has 3 rings (SSSR count). The molecule has 0 amide bonds. The van der Waals surface area contributed by atoms with Gasteiger partial charge in [0, 0.05) is 29.6 Å². The number of hydrogen-bond acceptors (Lipinski definition) is 4. The number of nitrogens with one attached hydrogen (secondary N) is 1. The van der Waals surface area contributed by atoms with E-state index in [0.29, 0.717) is 22.2 Å². The average molecular weight is 304 g/mol. The minimum atomic E-state index is -0.643. The summed E-state index contributed by atoms with van der Waals surface area (Å²) in [7, 11) is 0. The summed E-state index contributed by atoms with van der Waals surface area (Å²) in [5.74, 6) is -0.899. The number of aromatic amines is 1. The van der Waals surface area contributed by atoms with Gasteiger partial charge in [-0.25, -0.2) is 23.7 Å². The van der Waals surface area contributed by atoms with Gasteiger partial charge in [-0.15, -0.1) is 0 Å². The maximum atomic E-state index is 13.2. The van der Waals surface area contributed by atoms with Crippen molar-refractivity contribution in [2.24, 2.45) is 0 Å². The largest absolute Gasteiger partial charge is 0.338 e. The summed E-state index contributed by atoms with van der Waals surface area (Å²) in [4.78, 5) is 15.5. The minimum Gasteiger partial charge on any atom is -0.338 e. The number of aromatic nitrogens is 4. The molecule has 0 aliphatic heterocycles. The minimum absolute atomic E-state index is 0.348. The molecule has 106 valence electrons. The summed E-state index contributed by atoms with van der Waals surface area (Å²) in [5.41, 5.74) is 1.78. The van der Waals surface area contributed by atoms with Crippen LogP contribution in [0.3, 0.4) is 0 Å². The van der Waals surface area contributed by atoms with Crippen molar-refractivity contribution in [2.75, 3.05) is 6.26 Å². The molecule has 0 saturated heterocycles. The molecule has 7 heteroatoms. The highest BCUT2D eigenvalue weighted by atomic mass is 32.2. The van der Waals surface area contributed by atoms with E-state index in [1.807, 2.05) is 6.26 Å². The fourth-order valence-corrected chi connectivity index (χ4v) is 2.18. The molecule has 3 aromatic rings. The molecule has 4 nitrogen and oxygen atoms in total. The maximum Gasteiger partial charge on any atom is 0.187 e. The second-order valence-electron chi connectivity index (χ2n) is 4.26. The van der Waals surface area contributed by atoms with E-state index in [-0.39, 0.29) is 0 Å². The highest BCUT2D eigenvalue weighted by Gasteiger charge is 2.09. The van der Waals surface area contributed by atoms with Gasteiger partial charge in [-0.2, -0.15) is 0 Å². The summed E-state index contributed by atoms with van der Waals surface area (Å²) < 4.78 is 26.4. The van der Waals surface area contributed by atoms with Crippen LogP contribution in [0.1, 0.15) is 0 Å². The molecule has 21 heavy (non-hydrogen) atoms. The van der Waals surface area contributed by atoms with Gasteiger partial charge < -0.3 is 4.98 Å². The van der Waals surface area contributed by atoms with Crippen molar-refractivity contribution >= 4 is 11.8 Å². The van der Waals surface area contributed by atoms with Crippen molar-refractivity contribution in [3.05, 3.63) is 48.4 Å². The zero-order valence-corrected chi connectivity index (χ0v) is 11.8. The van der Waals surface area contributed by atoms with Crippen LogP contribution in [0.25, 0.3) is 22.6 Å². The van der Waals surface area contributed by atoms with E-state index < -0.39 is 11.6 Å². The fraction of sp³-hybridized carbons (Fsp3) is 0.0714. The van der Waals surface area contributed by atoms with E-state index in [1.54, 1.807) is 18.6 Å². The van der Waals surface area contributed by atoms with Crippen LogP contribution >= 0.6 is 11.8 Å². The van der Waals surface area contributed by atoms with Gasteiger partial charge in [0.25, 0.3) is 0 Å². The van der Waals surface area contributed by atoms with Gasteiger partial charge in [0.05, 0.1) is 11.9 Å². The van der Waals surface area contributed by atoms with Gasteiger partial charge in [-0.3, -0.25) is 0 Å². The molecule has 0 bridgehead atoms. The Morgan fingerprint density at radius 2 is 1.57 bits per heavy atom. The SMILES string of the molecule is CSc1ncc(-c2cnc(-c3cc(F)cc(F)c3)[nH]2)cn1. The third-order valence-corrected chi connectivity index (χ3v) is 3.41. The number of halogens is 2. The summed E-state index contributed by atoms with van der Waals surface area (Å²) in [6.45, 7) is 0. The summed E-state index contributed by atoms with van der Waals surface area (Å²) in [6, 6.07) is 3.26. The quantitative estimate of drug-likeness (QED) is 0.594. The zero-order chi connectivity index (χ0) is 14.8. The smallest absolute Gasteiger partial charge is 0.187 e. The van der Waals surface area contributed by atoms with Crippen molar-refractivity contribution in [1.82, 2.24) is 19.9 Å². The Hall–Kier alpha value is -2.28. The number of nitrogens with zero attached hydrogens (tertiary/aromatic N) is 3. The molecule has 0 atom stereocenters. The number of rotatable bonds is 3. The Morgan fingerprint density at radius 3 is 2.19 bits per heavy atom. The molecule has 0 fully saturated rings. The number of thioether (sulfide) groups is 1. The molecule has 0 aliphatic rings. The van der Waals surface area contributed by atoms with E-state index in [1.165, 1.54) is 23.9 Å². The van der Waals surface area contributed by atoms with Crippen LogP contribution in [0.15, 0.2) is 41.9 Å². The zero-order valence-electron chi connectivity index (χ0n) is 11.0. The van der Waals surface area contributed by atoms with Gasteiger partial charge in [0.2, 0.25) is 0 Å². The average Bonchev–Trinajstić information content (AvgIpc) is 2.96. The Morgan fingerprint density at radius 1 is 0.905 bits per heavy atom. The molecule has 0 unspecified atom stereocenters. The predicted octanol–water partition coefficient (Wildman–Crippen LogP) is 3.53. The summed E-state index contributed by atoms with van der Waals surface area (Å²) in [5, 5.41) is 0.672. The van der Waals surface area contributed by atoms with Crippen LogP contribution in [0, 0.1) is 11.6 Å². The first-order valence-electron chi connectivity index (χ1n) is 6.03. The topological polar surface area (TPSA) is 54.5 Å². The molecule has 0 radical (unpaired) electrons. The second-order valence-corrected chi connectivity index (χ2v) is 5.04. The van der Waals surface area contributed by atoms with Crippen molar-refractivity contribution < 1.29 is 8.78 Å². The molecule has 0 spiro atoms. The number of hydrogen-bond donors (Lipinski definition) is 1. The molecule has 1 N–H and O–H groups in total. The Kier molecular flexibility index (Phi) is 3.66. The van der Waals surface area contributed by atoms with E-state index >= 15 is 0 Å². The first-order chi connectivity index (χ1) is 10.2. The lowest BCUT2D eigenvalue weighted by molar-refractivity contribution is 0.584. The van der Waals surface area contributed by atoms with E-state index in [2.05, 4.69) is 19.9 Å². The molecular weight excluding hydrogens is 294 g/mol. The standard InChI is InChI=1S/C14H10F2N4S/c1-21-14-18-5-9(6-19-14)12-7-17-13(20-12)8-2-10(15)4-11(16)3-8/h2-7H,1H3,(H,17,20). The first-order valence-corrected chi connectivity index (χ1v) is 7.26. The normalized spacial score (nSPS) is 10.8. The van der Waals surface area contributed by atoms with E-state index in [4.69, 9.17) is 0 Å². The second kappa shape index (κ2) is 5.61. The first kappa shape index (κ1) is 13.7. The summed E-state index contributed by atoms with van der Waals surface area (Å²) >= 11 is 1.45. The number of H-pyrrole nitrogens is 1. The Bertz CT molecular complexity index is 751. The lowest BCUT2D eigenvalue weighted by atomic mass is 10.2. The Labute approximate surface area is 123 Å². The highest BCUT2D eigenvalue weighted by Crippen LogP contribution is 2.23. The van der Waals surface area contributed by atoms with Crippen LogP contribution < -0.4 is 0 Å². The fourth-order valence-electron chi connectivity index (χ4n) is 1.87. The van der Waals surface area contributed by atoms with Crippen LogP contribution in [-0.2, 0) is 0 Å². The Balaban J connectivity index is 1.95. The van der Waals surface area contributed by atoms with Crippen molar-refractivity contribution in [1.29, 1.82) is 0 Å². The van der Waals surface area contributed by atoms with Crippen LogP contribution in [0.5, 0.6) is 0 Å². The van der Waals surface area contributed by atoms with Crippen LogP contribution in [0.2, 0.25) is 0 Å². The summed E-state index contributed by atoms with van der Waals surface area (Å²) in [6.07, 6.45) is 6.81. The van der Waals surface area contributed by atoms with Crippen molar-refractivity contribution in [3.8, 4) is 22.6 Å². The van der Waals surface area contributed by atoms with Gasteiger partial charge in [-0.05, 0) is 18.4 Å².